The molecule has 0 fully saturated rings. The molecule has 0 aliphatic carbocycles. The van der Waals surface area contributed by atoms with Gasteiger partial charge in [-0.05, 0) is 29.7 Å². The lowest BCUT2D eigenvalue weighted by Gasteiger charge is -2.03. The summed E-state index contributed by atoms with van der Waals surface area (Å²) >= 11 is 0. The highest BCUT2D eigenvalue weighted by Crippen LogP contribution is 2.26. The van der Waals surface area contributed by atoms with E-state index in [-0.39, 0.29) is 22.3 Å². The molecular weight excluding hydrogens is 248 g/mol. The molecule has 5 nitrogen and oxygen atoms in total. The molecule has 3 rings (SSSR count). The number of hydrogen-bond acceptors (Lipinski definition) is 4. The lowest BCUT2D eigenvalue weighted by molar-refractivity contribution is 0.0697. The van der Waals surface area contributed by atoms with E-state index in [1.165, 1.54) is 24.3 Å². The molecule has 2 aromatic carbocycles. The molecule has 0 saturated heterocycles. The molecule has 1 aromatic heterocycles. The van der Waals surface area contributed by atoms with Gasteiger partial charge in [0.25, 0.3) is 0 Å². The zero-order valence-electron chi connectivity index (χ0n) is 9.58. The maximum absolute atomic E-state index is 11.8. The molecule has 0 atom stereocenters. The molecule has 0 aliphatic rings. The predicted molar refractivity (Wildman–Crippen MR) is 68.6 cm³/mol. The number of phenolic OH excluding ortho intramolecular Hbond substituents is 1. The third kappa shape index (κ3) is 1.72. The molecule has 0 bridgehead atoms. The van der Waals surface area contributed by atoms with Crippen molar-refractivity contribution in [1.82, 2.24) is 0 Å². The summed E-state index contributed by atoms with van der Waals surface area (Å²) < 4.78 is 5.08. The number of aromatic carboxylic acids is 1. The fourth-order valence-corrected chi connectivity index (χ4v) is 2.05. The minimum atomic E-state index is -1.10. The minimum Gasteiger partial charge on any atom is -0.508 e. The Labute approximate surface area is 106 Å². The molecule has 3 aromatic rings. The zero-order valence-corrected chi connectivity index (χ0v) is 9.58. The average Bonchev–Trinajstić information content (AvgIpc) is 2.38. The van der Waals surface area contributed by atoms with Crippen LogP contribution in [0, 0.1) is 0 Å². The Morgan fingerprint density at radius 2 is 1.74 bits per heavy atom. The molecule has 0 unspecified atom stereocenters. The van der Waals surface area contributed by atoms with Crippen molar-refractivity contribution in [2.24, 2.45) is 0 Å². The van der Waals surface area contributed by atoms with Gasteiger partial charge in [-0.1, -0.05) is 6.07 Å². The Balaban J connectivity index is 2.49. The van der Waals surface area contributed by atoms with E-state index in [0.717, 1.165) is 0 Å². The van der Waals surface area contributed by atoms with Gasteiger partial charge in [0.15, 0.2) is 0 Å². The van der Waals surface area contributed by atoms with Crippen molar-refractivity contribution in [3.05, 3.63) is 52.4 Å². The topological polar surface area (TPSA) is 87.7 Å². The number of hydrogen-bond donors (Lipinski definition) is 2. The van der Waals surface area contributed by atoms with Crippen molar-refractivity contribution in [1.29, 1.82) is 0 Å². The van der Waals surface area contributed by atoms with E-state index in [2.05, 4.69) is 0 Å². The van der Waals surface area contributed by atoms with E-state index in [1.54, 1.807) is 12.1 Å². The standard InChI is InChI=1S/C14H8O5/c15-8-2-4-10-9-3-1-7(13(16)17)5-11(9)14(18)19-12(10)6-8/h1-6,15H,(H,16,17). The Kier molecular flexibility index (Phi) is 2.28. The van der Waals surface area contributed by atoms with Crippen LogP contribution < -0.4 is 5.63 Å². The zero-order chi connectivity index (χ0) is 13.6. The van der Waals surface area contributed by atoms with E-state index >= 15 is 0 Å². The van der Waals surface area contributed by atoms with Crippen molar-refractivity contribution in [2.45, 2.75) is 0 Å². The first-order chi connectivity index (χ1) is 9.06. The summed E-state index contributed by atoms with van der Waals surface area (Å²) in [4.78, 5) is 22.7. The van der Waals surface area contributed by atoms with Crippen molar-refractivity contribution in [2.75, 3.05) is 0 Å². The van der Waals surface area contributed by atoms with Gasteiger partial charge in [0.05, 0.1) is 10.9 Å². The normalized spacial score (nSPS) is 10.9. The predicted octanol–water partition coefficient (Wildman–Crippen LogP) is 2.35. The molecule has 0 saturated carbocycles. The first-order valence-electron chi connectivity index (χ1n) is 5.49. The van der Waals surface area contributed by atoms with Gasteiger partial charge in [-0.15, -0.1) is 0 Å². The lowest BCUT2D eigenvalue weighted by Crippen LogP contribution is -2.03. The molecule has 19 heavy (non-hydrogen) atoms. The molecule has 0 spiro atoms. The second-order valence-corrected chi connectivity index (χ2v) is 4.14. The van der Waals surface area contributed by atoms with Gasteiger partial charge < -0.3 is 14.6 Å². The minimum absolute atomic E-state index is 0.00263. The van der Waals surface area contributed by atoms with Gasteiger partial charge in [-0.3, -0.25) is 0 Å². The molecule has 0 aliphatic heterocycles. The van der Waals surface area contributed by atoms with Crippen LogP contribution in [0.3, 0.4) is 0 Å². The van der Waals surface area contributed by atoms with Gasteiger partial charge in [0.1, 0.15) is 11.3 Å². The Morgan fingerprint density at radius 1 is 1.00 bits per heavy atom. The van der Waals surface area contributed by atoms with Gasteiger partial charge in [0, 0.05) is 11.5 Å². The number of benzene rings is 2. The number of carboxylic acid groups (broad SMARTS) is 1. The lowest BCUT2D eigenvalue weighted by atomic mass is 10.0. The van der Waals surface area contributed by atoms with E-state index in [9.17, 15) is 14.7 Å². The second-order valence-electron chi connectivity index (χ2n) is 4.14. The number of carbonyl (C=O) groups is 1. The van der Waals surface area contributed by atoms with E-state index in [4.69, 9.17) is 9.52 Å². The molecular formula is C14H8O5. The number of fused-ring (bicyclic) bond motifs is 3. The third-order valence-corrected chi connectivity index (χ3v) is 2.94. The third-order valence-electron chi connectivity index (χ3n) is 2.94. The summed E-state index contributed by atoms with van der Waals surface area (Å²) in [6.45, 7) is 0. The van der Waals surface area contributed by atoms with Gasteiger partial charge in [-0.2, -0.15) is 0 Å². The maximum Gasteiger partial charge on any atom is 0.344 e. The van der Waals surface area contributed by atoms with Gasteiger partial charge in [-0.25, -0.2) is 9.59 Å². The highest BCUT2D eigenvalue weighted by Gasteiger charge is 2.11. The summed E-state index contributed by atoms with van der Waals surface area (Å²) in [6.07, 6.45) is 0. The van der Waals surface area contributed by atoms with Crippen LogP contribution in [0.15, 0.2) is 45.6 Å². The van der Waals surface area contributed by atoms with Crippen molar-refractivity contribution < 1.29 is 19.4 Å². The van der Waals surface area contributed by atoms with E-state index < -0.39 is 11.6 Å². The highest BCUT2D eigenvalue weighted by atomic mass is 16.4. The van der Waals surface area contributed by atoms with Crippen LogP contribution in [0.4, 0.5) is 0 Å². The summed E-state index contributed by atoms with van der Waals surface area (Å²) in [7, 11) is 0. The molecule has 0 radical (unpaired) electrons. The molecule has 1 heterocycles. The Hall–Kier alpha value is -2.82. The number of rotatable bonds is 1. The fraction of sp³-hybridized carbons (Fsp3) is 0. The van der Waals surface area contributed by atoms with E-state index in [0.29, 0.717) is 10.8 Å². The maximum atomic E-state index is 11.8. The van der Waals surface area contributed by atoms with Crippen LogP contribution in [-0.2, 0) is 0 Å². The van der Waals surface area contributed by atoms with Crippen molar-refractivity contribution in [3.8, 4) is 5.75 Å². The van der Waals surface area contributed by atoms with E-state index in [1.807, 2.05) is 0 Å². The van der Waals surface area contributed by atoms with Gasteiger partial charge in [0.2, 0.25) is 0 Å². The van der Waals surface area contributed by atoms with Gasteiger partial charge >= 0.3 is 11.6 Å². The van der Waals surface area contributed by atoms with Crippen LogP contribution in [0.2, 0.25) is 0 Å². The smallest absolute Gasteiger partial charge is 0.344 e. The summed E-state index contributed by atoms with van der Waals surface area (Å²) in [5, 5.41) is 19.7. The SMILES string of the molecule is O=C(O)c1ccc2c(c1)c(=O)oc1cc(O)ccc12. The van der Waals surface area contributed by atoms with Crippen LogP contribution in [0.25, 0.3) is 21.7 Å². The molecule has 2 N–H and O–H groups in total. The summed E-state index contributed by atoms with van der Waals surface area (Å²) in [5.74, 6) is -1.11. The molecule has 94 valence electrons. The second kappa shape index (κ2) is 3.84. The molecule has 5 heteroatoms. The largest absolute Gasteiger partial charge is 0.508 e. The van der Waals surface area contributed by atoms with Crippen molar-refractivity contribution >= 4 is 27.7 Å². The number of carboxylic acids is 1. The molecule has 0 amide bonds. The van der Waals surface area contributed by atoms with Crippen LogP contribution in [0.5, 0.6) is 5.75 Å². The van der Waals surface area contributed by atoms with Crippen LogP contribution in [-0.4, -0.2) is 16.2 Å². The first-order valence-corrected chi connectivity index (χ1v) is 5.49. The monoisotopic (exact) mass is 256 g/mol. The fourth-order valence-electron chi connectivity index (χ4n) is 2.05. The number of phenols is 1. The first kappa shape index (κ1) is 11.3. The Bertz CT molecular complexity index is 876. The van der Waals surface area contributed by atoms with Crippen LogP contribution in [0.1, 0.15) is 10.4 Å². The summed E-state index contributed by atoms with van der Waals surface area (Å²) in [5.41, 5.74) is -0.338. The Morgan fingerprint density at radius 3 is 2.47 bits per heavy atom. The quantitative estimate of drug-likeness (QED) is 0.515. The van der Waals surface area contributed by atoms with Crippen LogP contribution >= 0.6 is 0 Å². The number of aromatic hydroxyl groups is 1. The summed E-state index contributed by atoms with van der Waals surface area (Å²) in [6, 6.07) is 8.73. The highest BCUT2D eigenvalue weighted by molar-refractivity contribution is 6.06. The average molecular weight is 256 g/mol. The van der Waals surface area contributed by atoms with Crippen molar-refractivity contribution in [3.63, 3.8) is 0 Å².